The molecule has 0 bridgehead atoms. The van der Waals surface area contributed by atoms with E-state index in [4.69, 9.17) is 5.73 Å². The third-order valence-corrected chi connectivity index (χ3v) is 2.24. The van der Waals surface area contributed by atoms with Crippen LogP contribution in [0.15, 0.2) is 18.2 Å². The van der Waals surface area contributed by atoms with E-state index in [9.17, 15) is 36.5 Å². The van der Waals surface area contributed by atoms with Crippen molar-refractivity contribution in [2.75, 3.05) is 0 Å². The second kappa shape index (κ2) is 4.68. The van der Waals surface area contributed by atoms with Gasteiger partial charge in [-0.05, 0) is 12.1 Å². The Morgan fingerprint density at radius 1 is 1.16 bits per heavy atom. The Balaban J connectivity index is 3.39. The van der Waals surface area contributed by atoms with Gasteiger partial charge in [0.25, 0.3) is 5.69 Å². The van der Waals surface area contributed by atoms with Gasteiger partial charge in [0.2, 0.25) is 0 Å². The molecule has 0 amide bonds. The summed E-state index contributed by atoms with van der Waals surface area (Å²) in [6.45, 7) is 0. The topological polar surface area (TPSA) is 69.2 Å². The fourth-order valence-corrected chi connectivity index (χ4v) is 1.32. The number of hydrogen-bond acceptors (Lipinski definition) is 3. The number of nitro benzene ring substituents is 1. The highest BCUT2D eigenvalue weighted by Crippen LogP contribution is 2.38. The Bertz CT molecular complexity index is 496. The second-order valence-corrected chi connectivity index (χ2v) is 3.55. The smallest absolute Gasteiger partial charge is 0.316 e. The first-order chi connectivity index (χ1) is 8.44. The predicted octanol–water partition coefficient (Wildman–Crippen LogP) is 3.18. The summed E-state index contributed by atoms with van der Waals surface area (Å²) in [4.78, 5) is 9.21. The average molecular weight is 288 g/mol. The Morgan fingerprint density at radius 3 is 2.05 bits per heavy atom. The minimum atomic E-state index is -5.00. The number of alkyl halides is 6. The van der Waals surface area contributed by atoms with Crippen molar-refractivity contribution in [1.29, 1.82) is 0 Å². The molecule has 0 saturated heterocycles. The van der Waals surface area contributed by atoms with E-state index in [0.29, 0.717) is 12.1 Å². The molecule has 4 nitrogen and oxygen atoms in total. The lowest BCUT2D eigenvalue weighted by Gasteiger charge is -2.16. The highest BCUT2D eigenvalue weighted by Gasteiger charge is 2.42. The highest BCUT2D eigenvalue weighted by molar-refractivity contribution is 5.46. The van der Waals surface area contributed by atoms with Gasteiger partial charge < -0.3 is 5.73 Å². The molecule has 1 atom stereocenters. The zero-order chi connectivity index (χ0) is 15.0. The summed E-state index contributed by atoms with van der Waals surface area (Å²) < 4.78 is 74.0. The van der Waals surface area contributed by atoms with Crippen LogP contribution in [0, 0.1) is 10.1 Å². The zero-order valence-corrected chi connectivity index (χ0v) is 8.92. The van der Waals surface area contributed by atoms with E-state index in [2.05, 4.69) is 0 Å². The van der Waals surface area contributed by atoms with Crippen molar-refractivity contribution in [2.24, 2.45) is 5.73 Å². The number of nitrogens with zero attached hydrogens (tertiary/aromatic N) is 1. The van der Waals surface area contributed by atoms with E-state index >= 15 is 0 Å². The zero-order valence-electron chi connectivity index (χ0n) is 8.92. The average Bonchev–Trinajstić information content (AvgIpc) is 2.24. The SMILES string of the molecule is N[C@H](c1ccc(C(F)(F)F)cc1[N+](=O)[O-])C(F)(F)F. The van der Waals surface area contributed by atoms with Gasteiger partial charge in [0.15, 0.2) is 0 Å². The molecule has 10 heteroatoms. The molecule has 0 aromatic heterocycles. The summed E-state index contributed by atoms with van der Waals surface area (Å²) in [5.74, 6) is 0. The molecular formula is C9H6F6N2O2. The molecule has 2 N–H and O–H groups in total. The summed E-state index contributed by atoms with van der Waals surface area (Å²) in [5.41, 5.74) is 0.997. The quantitative estimate of drug-likeness (QED) is 0.516. The van der Waals surface area contributed by atoms with Gasteiger partial charge >= 0.3 is 12.4 Å². The first-order valence-corrected chi connectivity index (χ1v) is 4.62. The lowest BCUT2D eigenvalue weighted by atomic mass is 10.0. The van der Waals surface area contributed by atoms with E-state index < -0.39 is 40.1 Å². The molecule has 19 heavy (non-hydrogen) atoms. The van der Waals surface area contributed by atoms with Gasteiger partial charge in [-0.3, -0.25) is 10.1 Å². The van der Waals surface area contributed by atoms with Crippen molar-refractivity contribution in [3.63, 3.8) is 0 Å². The van der Waals surface area contributed by atoms with Gasteiger partial charge in [-0.25, -0.2) is 0 Å². The summed E-state index contributed by atoms with van der Waals surface area (Å²) >= 11 is 0. The van der Waals surface area contributed by atoms with E-state index in [1.807, 2.05) is 0 Å². The van der Waals surface area contributed by atoms with Crippen LogP contribution in [0.25, 0.3) is 0 Å². The summed E-state index contributed by atoms with van der Waals surface area (Å²) in [6.07, 6.45) is -9.89. The Hall–Kier alpha value is -1.84. The molecule has 1 aromatic rings. The van der Waals surface area contributed by atoms with Crippen LogP contribution in [0.1, 0.15) is 17.2 Å². The van der Waals surface area contributed by atoms with Crippen molar-refractivity contribution in [1.82, 2.24) is 0 Å². The van der Waals surface area contributed by atoms with Crippen molar-refractivity contribution in [3.05, 3.63) is 39.4 Å². The lowest BCUT2D eigenvalue weighted by Crippen LogP contribution is -2.29. The van der Waals surface area contributed by atoms with Gasteiger partial charge in [-0.15, -0.1) is 0 Å². The van der Waals surface area contributed by atoms with Gasteiger partial charge in [-0.1, -0.05) is 0 Å². The molecule has 1 aromatic carbocycles. The van der Waals surface area contributed by atoms with Crippen LogP contribution in [0.4, 0.5) is 32.0 Å². The maximum atomic E-state index is 12.3. The summed E-state index contributed by atoms with van der Waals surface area (Å²) in [6, 6.07) is -2.02. The number of hydrogen-bond donors (Lipinski definition) is 1. The molecule has 0 unspecified atom stereocenters. The van der Waals surface area contributed by atoms with E-state index in [1.165, 1.54) is 0 Å². The Labute approximate surface area is 102 Å². The van der Waals surface area contributed by atoms with Crippen molar-refractivity contribution < 1.29 is 31.3 Å². The number of nitrogens with two attached hydrogens (primary N) is 1. The molecule has 0 aliphatic heterocycles. The van der Waals surface area contributed by atoms with Crippen LogP contribution in [0.5, 0.6) is 0 Å². The summed E-state index contributed by atoms with van der Waals surface area (Å²) in [5, 5.41) is 10.5. The molecule has 0 aliphatic carbocycles. The Kier molecular flexibility index (Phi) is 3.75. The minimum absolute atomic E-state index is 0.0287. The second-order valence-electron chi connectivity index (χ2n) is 3.55. The van der Waals surface area contributed by atoms with Crippen LogP contribution in [0.3, 0.4) is 0 Å². The number of nitro groups is 1. The van der Waals surface area contributed by atoms with E-state index in [0.717, 1.165) is 0 Å². The van der Waals surface area contributed by atoms with Crippen molar-refractivity contribution in [2.45, 2.75) is 18.4 Å². The third-order valence-electron chi connectivity index (χ3n) is 2.24. The molecule has 0 aliphatic rings. The molecule has 0 fully saturated rings. The van der Waals surface area contributed by atoms with Crippen LogP contribution in [-0.4, -0.2) is 11.1 Å². The fraction of sp³-hybridized carbons (Fsp3) is 0.333. The summed E-state index contributed by atoms with van der Waals surface area (Å²) in [7, 11) is 0. The van der Waals surface area contributed by atoms with Gasteiger partial charge in [0.05, 0.1) is 16.1 Å². The predicted molar refractivity (Wildman–Crippen MR) is 51.1 cm³/mol. The normalized spacial score (nSPS) is 14.3. The Morgan fingerprint density at radius 2 is 1.68 bits per heavy atom. The fourth-order valence-electron chi connectivity index (χ4n) is 1.32. The largest absolute Gasteiger partial charge is 0.416 e. The number of halogens is 6. The van der Waals surface area contributed by atoms with E-state index in [-0.39, 0.29) is 6.07 Å². The molecular weight excluding hydrogens is 282 g/mol. The van der Waals surface area contributed by atoms with Gasteiger partial charge in [-0.2, -0.15) is 26.3 Å². The van der Waals surface area contributed by atoms with Crippen LogP contribution in [-0.2, 0) is 6.18 Å². The molecule has 0 radical (unpaired) electrons. The highest BCUT2D eigenvalue weighted by atomic mass is 19.4. The lowest BCUT2D eigenvalue weighted by molar-refractivity contribution is -0.386. The standard InChI is InChI=1S/C9H6F6N2O2/c10-8(11,12)4-1-2-5(6(3-4)17(18)19)7(16)9(13,14)15/h1-3,7H,16H2/t7-/m1/s1. The first kappa shape index (κ1) is 15.2. The van der Waals surface area contributed by atoms with Gasteiger partial charge in [0.1, 0.15) is 6.04 Å². The van der Waals surface area contributed by atoms with Crippen LogP contribution in [0.2, 0.25) is 0 Å². The van der Waals surface area contributed by atoms with Crippen LogP contribution < -0.4 is 5.73 Å². The van der Waals surface area contributed by atoms with E-state index in [1.54, 1.807) is 0 Å². The molecule has 0 heterocycles. The van der Waals surface area contributed by atoms with Gasteiger partial charge in [0, 0.05) is 6.07 Å². The first-order valence-electron chi connectivity index (χ1n) is 4.62. The van der Waals surface area contributed by atoms with Crippen molar-refractivity contribution in [3.8, 4) is 0 Å². The molecule has 106 valence electrons. The van der Waals surface area contributed by atoms with Crippen molar-refractivity contribution >= 4 is 5.69 Å². The molecule has 0 spiro atoms. The molecule has 1 rings (SSSR count). The maximum Gasteiger partial charge on any atom is 0.416 e. The maximum absolute atomic E-state index is 12.3. The number of benzene rings is 1. The monoisotopic (exact) mass is 288 g/mol. The minimum Gasteiger partial charge on any atom is -0.316 e. The molecule has 0 saturated carbocycles. The number of rotatable bonds is 2. The van der Waals surface area contributed by atoms with Crippen LogP contribution >= 0.6 is 0 Å². The third kappa shape index (κ3) is 3.34.